The van der Waals surface area contributed by atoms with E-state index in [2.05, 4.69) is 32.2 Å². The smallest absolute Gasteiger partial charge is 0.289 e. The highest BCUT2D eigenvalue weighted by Gasteiger charge is 2.50. The number of rotatable bonds is 5. The van der Waals surface area contributed by atoms with Gasteiger partial charge >= 0.3 is 0 Å². The van der Waals surface area contributed by atoms with E-state index < -0.39 is 0 Å². The molecule has 0 aliphatic carbocycles. The first-order valence-corrected chi connectivity index (χ1v) is 8.69. The molecule has 4 rings (SSSR count). The van der Waals surface area contributed by atoms with E-state index in [1.54, 1.807) is 17.4 Å². The Balaban J connectivity index is 1.40. The van der Waals surface area contributed by atoms with Gasteiger partial charge < -0.3 is 14.6 Å². The molecule has 23 heavy (non-hydrogen) atoms. The van der Waals surface area contributed by atoms with Crippen LogP contribution in [-0.4, -0.2) is 48.8 Å². The monoisotopic (exact) mass is 333 g/mol. The molecule has 2 atom stereocenters. The Morgan fingerprint density at radius 2 is 2.48 bits per heavy atom. The lowest BCUT2D eigenvalue weighted by molar-refractivity contribution is 0.0869. The summed E-state index contributed by atoms with van der Waals surface area (Å²) in [5.41, 5.74) is 1.36. The van der Waals surface area contributed by atoms with Crippen LogP contribution in [-0.2, 0) is 11.3 Å². The van der Waals surface area contributed by atoms with Crippen LogP contribution in [0.3, 0.4) is 0 Å². The van der Waals surface area contributed by atoms with Crippen LogP contribution in [0.25, 0.3) is 0 Å². The molecule has 2 aliphatic rings. The average molecular weight is 333 g/mol. The minimum atomic E-state index is -0.209. The molecule has 122 valence electrons. The number of hydrogen-bond donors (Lipinski definition) is 1. The molecule has 1 amide bonds. The summed E-state index contributed by atoms with van der Waals surface area (Å²) >= 11 is 1.73. The molecule has 2 aromatic rings. The van der Waals surface area contributed by atoms with E-state index in [1.807, 2.05) is 0 Å². The second kappa shape index (κ2) is 6.07. The number of fused-ring (bicyclic) bond motifs is 1. The highest BCUT2D eigenvalue weighted by Crippen LogP contribution is 2.41. The zero-order valence-corrected chi connectivity index (χ0v) is 13.6. The number of nitrogens with zero attached hydrogens (tertiary/aromatic N) is 2. The van der Waals surface area contributed by atoms with Gasteiger partial charge in [0, 0.05) is 43.6 Å². The third kappa shape index (κ3) is 2.91. The molecule has 7 heteroatoms. The maximum absolute atomic E-state index is 12.1. The number of amides is 1. The van der Waals surface area contributed by atoms with Crippen LogP contribution >= 0.6 is 11.3 Å². The fourth-order valence-electron chi connectivity index (χ4n) is 3.63. The summed E-state index contributed by atoms with van der Waals surface area (Å²) in [6, 6.07) is 3.75. The summed E-state index contributed by atoms with van der Waals surface area (Å²) in [6.45, 7) is 5.03. The van der Waals surface area contributed by atoms with Gasteiger partial charge in [0.2, 0.25) is 5.76 Å². The van der Waals surface area contributed by atoms with Crippen LogP contribution in [0.15, 0.2) is 33.6 Å². The van der Waals surface area contributed by atoms with Gasteiger partial charge in [-0.2, -0.15) is 11.3 Å². The number of hydrogen-bond acceptors (Lipinski definition) is 6. The van der Waals surface area contributed by atoms with E-state index >= 15 is 0 Å². The van der Waals surface area contributed by atoms with Crippen molar-refractivity contribution in [3.05, 3.63) is 40.4 Å². The Bertz CT molecular complexity index is 658. The predicted molar refractivity (Wildman–Crippen MR) is 85.2 cm³/mol. The van der Waals surface area contributed by atoms with Crippen LogP contribution < -0.4 is 5.32 Å². The Labute approximate surface area is 138 Å². The quantitative estimate of drug-likeness (QED) is 0.900. The Kier molecular flexibility index (Phi) is 3.92. The molecule has 2 aromatic heterocycles. The molecular weight excluding hydrogens is 314 g/mol. The molecule has 2 fully saturated rings. The van der Waals surface area contributed by atoms with Crippen molar-refractivity contribution >= 4 is 17.2 Å². The van der Waals surface area contributed by atoms with Gasteiger partial charge in [0.25, 0.3) is 5.91 Å². The molecule has 0 aromatic carbocycles. The maximum Gasteiger partial charge on any atom is 0.289 e. The standard InChI is InChI=1S/C16H19N3O3S/c20-15(14-1-3-18-22-14)17-9-16-10-19(5-12-2-4-23-8-12)6-13(16)7-21-11-16/h1-4,8,13H,5-7,9-11H2,(H,17,20)/t13-,16+/m1/s1. The lowest BCUT2D eigenvalue weighted by atomic mass is 9.81. The van der Waals surface area contributed by atoms with Crippen molar-refractivity contribution in [2.75, 3.05) is 32.8 Å². The van der Waals surface area contributed by atoms with Crippen molar-refractivity contribution in [3.63, 3.8) is 0 Å². The molecule has 6 nitrogen and oxygen atoms in total. The molecule has 2 aliphatic heterocycles. The minimum absolute atomic E-state index is 0.00566. The Hall–Kier alpha value is -1.70. The van der Waals surface area contributed by atoms with Gasteiger partial charge in [-0.15, -0.1) is 0 Å². The van der Waals surface area contributed by atoms with Crippen molar-refractivity contribution in [2.45, 2.75) is 6.54 Å². The van der Waals surface area contributed by atoms with Gasteiger partial charge in [-0.25, -0.2) is 0 Å². The van der Waals surface area contributed by atoms with E-state index in [-0.39, 0.29) is 17.1 Å². The van der Waals surface area contributed by atoms with Gasteiger partial charge in [-0.1, -0.05) is 5.16 Å². The average Bonchev–Trinajstić information content (AvgIpc) is 3.29. The first-order valence-electron chi connectivity index (χ1n) is 7.75. The molecule has 4 heterocycles. The number of ether oxygens (including phenoxy) is 1. The molecule has 0 bridgehead atoms. The lowest BCUT2D eigenvalue weighted by Gasteiger charge is -2.27. The highest BCUT2D eigenvalue weighted by atomic mass is 32.1. The zero-order valence-electron chi connectivity index (χ0n) is 12.7. The topological polar surface area (TPSA) is 67.6 Å². The van der Waals surface area contributed by atoms with Gasteiger partial charge in [0.05, 0.1) is 19.4 Å². The van der Waals surface area contributed by atoms with E-state index in [0.29, 0.717) is 19.1 Å². The van der Waals surface area contributed by atoms with Crippen LogP contribution in [0, 0.1) is 11.3 Å². The summed E-state index contributed by atoms with van der Waals surface area (Å²) in [5.74, 6) is 0.514. The van der Waals surface area contributed by atoms with Crippen LogP contribution in [0.1, 0.15) is 16.1 Å². The van der Waals surface area contributed by atoms with Crippen molar-refractivity contribution in [1.82, 2.24) is 15.4 Å². The van der Waals surface area contributed by atoms with Crippen LogP contribution in [0.4, 0.5) is 0 Å². The first-order chi connectivity index (χ1) is 11.3. The molecule has 0 unspecified atom stereocenters. The third-order valence-electron chi connectivity index (χ3n) is 4.84. The molecule has 0 saturated carbocycles. The zero-order chi connectivity index (χ0) is 15.7. The first kappa shape index (κ1) is 14.9. The van der Waals surface area contributed by atoms with Crippen molar-refractivity contribution < 1.29 is 14.1 Å². The normalized spacial score (nSPS) is 27.2. The van der Waals surface area contributed by atoms with Crippen LogP contribution in [0.2, 0.25) is 0 Å². The fourth-order valence-corrected chi connectivity index (χ4v) is 4.29. The van der Waals surface area contributed by atoms with Gasteiger partial charge in [-0.3, -0.25) is 9.69 Å². The van der Waals surface area contributed by atoms with Gasteiger partial charge in [0.1, 0.15) is 0 Å². The van der Waals surface area contributed by atoms with E-state index in [0.717, 1.165) is 26.2 Å². The summed E-state index contributed by atoms with van der Waals surface area (Å²) < 4.78 is 10.6. The molecular formula is C16H19N3O3S. The van der Waals surface area contributed by atoms with Gasteiger partial charge in [0.15, 0.2) is 0 Å². The van der Waals surface area contributed by atoms with E-state index in [1.165, 1.54) is 11.8 Å². The second-order valence-corrected chi connectivity index (χ2v) is 7.22. The number of carbonyl (C=O) groups is 1. The van der Waals surface area contributed by atoms with Crippen molar-refractivity contribution in [3.8, 4) is 0 Å². The molecule has 0 radical (unpaired) electrons. The summed E-state index contributed by atoms with van der Waals surface area (Å²) in [4.78, 5) is 14.6. The van der Waals surface area contributed by atoms with Gasteiger partial charge in [-0.05, 0) is 22.4 Å². The number of nitrogens with one attached hydrogen (secondary N) is 1. The van der Waals surface area contributed by atoms with Crippen LogP contribution in [0.5, 0.6) is 0 Å². The summed E-state index contributed by atoms with van der Waals surface area (Å²) in [5, 5.41) is 10.9. The van der Waals surface area contributed by atoms with Crippen molar-refractivity contribution in [2.24, 2.45) is 11.3 Å². The van der Waals surface area contributed by atoms with Crippen molar-refractivity contribution in [1.29, 1.82) is 0 Å². The summed E-state index contributed by atoms with van der Waals surface area (Å²) in [6.07, 6.45) is 1.48. The second-order valence-electron chi connectivity index (χ2n) is 6.44. The minimum Gasteiger partial charge on any atom is -0.380 e. The number of thiophene rings is 1. The lowest BCUT2D eigenvalue weighted by Crippen LogP contribution is -2.43. The van der Waals surface area contributed by atoms with E-state index in [4.69, 9.17) is 9.26 Å². The summed E-state index contributed by atoms with van der Waals surface area (Å²) in [7, 11) is 0. The SMILES string of the molecule is O=C(NC[C@]12COC[C@H]1CN(Cc1ccsc1)C2)c1ccno1. The Morgan fingerprint density at radius 1 is 1.52 bits per heavy atom. The highest BCUT2D eigenvalue weighted by molar-refractivity contribution is 7.07. The third-order valence-corrected chi connectivity index (χ3v) is 5.57. The largest absolute Gasteiger partial charge is 0.380 e. The predicted octanol–water partition coefficient (Wildman–Crippen LogP) is 1.61. The maximum atomic E-state index is 12.1. The number of likely N-dealkylation sites (tertiary alicyclic amines) is 1. The van der Waals surface area contributed by atoms with E-state index in [9.17, 15) is 4.79 Å². The number of carbonyl (C=O) groups excluding carboxylic acids is 1. The molecule has 2 saturated heterocycles. The molecule has 1 N–H and O–H groups in total. The number of aromatic nitrogens is 1. The molecule has 0 spiro atoms. The Morgan fingerprint density at radius 3 is 3.26 bits per heavy atom. The fraction of sp³-hybridized carbons (Fsp3) is 0.500.